The van der Waals surface area contributed by atoms with E-state index in [0.717, 1.165) is 50.3 Å². The van der Waals surface area contributed by atoms with Gasteiger partial charge in [-0.25, -0.2) is 0 Å². The average molecular weight is 351 g/mol. The number of halogens is 1. The molecule has 1 aliphatic heterocycles. The summed E-state index contributed by atoms with van der Waals surface area (Å²) in [6.45, 7) is 7.47. The van der Waals surface area contributed by atoms with Crippen molar-refractivity contribution in [2.45, 2.75) is 69.6 Å². The average Bonchev–Trinajstić information content (AvgIpc) is 2.52. The third-order valence-corrected chi connectivity index (χ3v) is 5.93. The van der Waals surface area contributed by atoms with Crippen molar-refractivity contribution in [1.82, 2.24) is 10.2 Å². The van der Waals surface area contributed by atoms with Crippen LogP contribution in [0.3, 0.4) is 0 Å². The van der Waals surface area contributed by atoms with E-state index in [1.54, 1.807) is 0 Å². The lowest BCUT2D eigenvalue weighted by atomic mass is 9.72. The smallest absolute Gasteiger partial charge is 0.0728 e. The van der Waals surface area contributed by atoms with Crippen LogP contribution in [0.4, 0.5) is 0 Å². The predicted molar refractivity (Wildman–Crippen MR) is 101 cm³/mol. The molecule has 1 saturated heterocycles. The standard InChI is InChI=1S/C20H31ClN2O/c1-15-12-23(13-16(2)22-15)14-19(17-7-6-8-18(21)11-17)20(24)9-4-3-5-10-20/h6-8,11,15-16,19,22,24H,3-5,9-10,12-14H2,1-2H3. The van der Waals surface area contributed by atoms with Crippen LogP contribution in [0.15, 0.2) is 24.3 Å². The monoisotopic (exact) mass is 350 g/mol. The molecule has 3 unspecified atom stereocenters. The number of hydrogen-bond acceptors (Lipinski definition) is 3. The third kappa shape index (κ3) is 4.32. The van der Waals surface area contributed by atoms with Crippen LogP contribution in [-0.4, -0.2) is 47.3 Å². The number of nitrogens with one attached hydrogen (secondary N) is 1. The first kappa shape index (κ1) is 18.2. The number of nitrogens with zero attached hydrogens (tertiary/aromatic N) is 1. The summed E-state index contributed by atoms with van der Waals surface area (Å²) in [6.07, 6.45) is 5.30. The Balaban J connectivity index is 1.84. The zero-order chi connectivity index (χ0) is 17.2. The molecule has 3 rings (SSSR count). The number of aliphatic hydroxyl groups is 1. The second-order valence-corrected chi connectivity index (χ2v) is 8.40. The molecule has 24 heavy (non-hydrogen) atoms. The van der Waals surface area contributed by atoms with Crippen LogP contribution < -0.4 is 5.32 Å². The molecule has 1 aromatic rings. The molecular weight excluding hydrogens is 320 g/mol. The molecule has 2 N–H and O–H groups in total. The summed E-state index contributed by atoms with van der Waals surface area (Å²) in [5, 5.41) is 15.8. The highest BCUT2D eigenvalue weighted by molar-refractivity contribution is 6.30. The molecule has 3 atom stereocenters. The molecular formula is C20H31ClN2O. The van der Waals surface area contributed by atoms with Gasteiger partial charge in [-0.05, 0) is 44.4 Å². The Morgan fingerprint density at radius 2 is 1.88 bits per heavy atom. The molecule has 1 aliphatic carbocycles. The Hall–Kier alpha value is -0.610. The maximum atomic E-state index is 11.5. The molecule has 1 heterocycles. The van der Waals surface area contributed by atoms with E-state index in [-0.39, 0.29) is 5.92 Å². The van der Waals surface area contributed by atoms with Gasteiger partial charge in [0.05, 0.1) is 5.60 Å². The van der Waals surface area contributed by atoms with Crippen LogP contribution in [0.5, 0.6) is 0 Å². The Bertz CT molecular complexity index is 534. The van der Waals surface area contributed by atoms with Gasteiger partial charge in [-0.15, -0.1) is 0 Å². The van der Waals surface area contributed by atoms with Crippen molar-refractivity contribution in [3.05, 3.63) is 34.9 Å². The van der Waals surface area contributed by atoms with Crippen molar-refractivity contribution in [2.24, 2.45) is 0 Å². The zero-order valence-corrected chi connectivity index (χ0v) is 15.7. The van der Waals surface area contributed by atoms with Crippen LogP contribution in [0.1, 0.15) is 57.4 Å². The van der Waals surface area contributed by atoms with Crippen molar-refractivity contribution in [3.8, 4) is 0 Å². The number of benzene rings is 1. The Kier molecular flexibility index (Phi) is 5.86. The van der Waals surface area contributed by atoms with E-state index in [2.05, 4.69) is 30.1 Å². The van der Waals surface area contributed by atoms with Gasteiger partial charge >= 0.3 is 0 Å². The van der Waals surface area contributed by atoms with E-state index < -0.39 is 5.60 Å². The van der Waals surface area contributed by atoms with Gasteiger partial charge in [-0.2, -0.15) is 0 Å². The number of piperazine rings is 1. The molecule has 4 heteroatoms. The van der Waals surface area contributed by atoms with Gasteiger partial charge in [0.1, 0.15) is 0 Å². The van der Waals surface area contributed by atoms with Gasteiger partial charge in [-0.1, -0.05) is 43.0 Å². The van der Waals surface area contributed by atoms with Gasteiger partial charge in [0.25, 0.3) is 0 Å². The molecule has 2 fully saturated rings. The first-order chi connectivity index (χ1) is 11.5. The second kappa shape index (κ2) is 7.74. The maximum Gasteiger partial charge on any atom is 0.0728 e. The molecule has 2 aliphatic rings. The van der Waals surface area contributed by atoms with Gasteiger partial charge in [0.15, 0.2) is 0 Å². The fourth-order valence-corrected chi connectivity index (χ4v) is 4.87. The van der Waals surface area contributed by atoms with E-state index in [1.165, 1.54) is 12.0 Å². The van der Waals surface area contributed by atoms with Crippen molar-refractivity contribution >= 4 is 11.6 Å². The van der Waals surface area contributed by atoms with E-state index in [4.69, 9.17) is 11.6 Å². The van der Waals surface area contributed by atoms with Crippen molar-refractivity contribution in [3.63, 3.8) is 0 Å². The first-order valence-electron chi connectivity index (χ1n) is 9.42. The normalized spacial score (nSPS) is 29.3. The first-order valence-corrected chi connectivity index (χ1v) is 9.80. The lowest BCUT2D eigenvalue weighted by Crippen LogP contribution is -2.56. The van der Waals surface area contributed by atoms with Gasteiger partial charge in [-0.3, -0.25) is 4.90 Å². The Morgan fingerprint density at radius 1 is 1.21 bits per heavy atom. The molecule has 0 bridgehead atoms. The van der Waals surface area contributed by atoms with E-state index in [1.807, 2.05) is 18.2 Å². The van der Waals surface area contributed by atoms with E-state index in [0.29, 0.717) is 12.1 Å². The van der Waals surface area contributed by atoms with E-state index in [9.17, 15) is 5.11 Å². The molecule has 1 saturated carbocycles. The molecule has 1 aromatic carbocycles. The fraction of sp³-hybridized carbons (Fsp3) is 0.700. The van der Waals surface area contributed by atoms with Gasteiger partial charge < -0.3 is 10.4 Å². The topological polar surface area (TPSA) is 35.5 Å². The van der Waals surface area contributed by atoms with E-state index >= 15 is 0 Å². The lowest BCUT2D eigenvalue weighted by molar-refractivity contribution is -0.0337. The van der Waals surface area contributed by atoms with Crippen molar-refractivity contribution in [2.75, 3.05) is 19.6 Å². The minimum atomic E-state index is -0.597. The minimum absolute atomic E-state index is 0.133. The van der Waals surface area contributed by atoms with Crippen LogP contribution in [0.25, 0.3) is 0 Å². The fourth-order valence-electron chi connectivity index (χ4n) is 4.67. The second-order valence-electron chi connectivity index (χ2n) is 7.96. The third-order valence-electron chi connectivity index (χ3n) is 5.69. The summed E-state index contributed by atoms with van der Waals surface area (Å²) >= 11 is 6.26. The quantitative estimate of drug-likeness (QED) is 0.867. The summed E-state index contributed by atoms with van der Waals surface area (Å²) in [6, 6.07) is 9.11. The minimum Gasteiger partial charge on any atom is -0.389 e. The van der Waals surface area contributed by atoms with Crippen molar-refractivity contribution in [1.29, 1.82) is 0 Å². The van der Waals surface area contributed by atoms with Gasteiger partial charge in [0, 0.05) is 42.7 Å². The SMILES string of the molecule is CC1CN(CC(c2cccc(Cl)c2)C2(O)CCCCC2)CC(C)N1. The Morgan fingerprint density at radius 3 is 2.50 bits per heavy atom. The number of hydrogen-bond donors (Lipinski definition) is 2. The number of rotatable bonds is 4. The molecule has 0 aromatic heterocycles. The van der Waals surface area contributed by atoms with Crippen LogP contribution >= 0.6 is 11.6 Å². The molecule has 0 amide bonds. The predicted octanol–water partition coefficient (Wildman–Crippen LogP) is 3.80. The highest BCUT2D eigenvalue weighted by atomic mass is 35.5. The maximum absolute atomic E-state index is 11.5. The van der Waals surface area contributed by atoms with Gasteiger partial charge in [0.2, 0.25) is 0 Å². The molecule has 134 valence electrons. The largest absolute Gasteiger partial charge is 0.389 e. The zero-order valence-electron chi connectivity index (χ0n) is 15.0. The summed E-state index contributed by atoms with van der Waals surface area (Å²) in [5.74, 6) is 0.133. The summed E-state index contributed by atoms with van der Waals surface area (Å²) in [7, 11) is 0. The summed E-state index contributed by atoms with van der Waals surface area (Å²) in [4.78, 5) is 2.52. The van der Waals surface area contributed by atoms with Crippen LogP contribution in [0, 0.1) is 0 Å². The Labute approximate surface area is 151 Å². The van der Waals surface area contributed by atoms with Crippen LogP contribution in [-0.2, 0) is 0 Å². The molecule has 0 spiro atoms. The lowest BCUT2D eigenvalue weighted by Gasteiger charge is -2.44. The van der Waals surface area contributed by atoms with Crippen molar-refractivity contribution < 1.29 is 5.11 Å². The highest BCUT2D eigenvalue weighted by Gasteiger charge is 2.40. The molecule has 0 radical (unpaired) electrons. The summed E-state index contributed by atoms with van der Waals surface area (Å²) in [5.41, 5.74) is 0.589. The molecule has 3 nitrogen and oxygen atoms in total. The summed E-state index contributed by atoms with van der Waals surface area (Å²) < 4.78 is 0. The van der Waals surface area contributed by atoms with Crippen LogP contribution in [0.2, 0.25) is 5.02 Å². The highest BCUT2D eigenvalue weighted by Crippen LogP contribution is 2.41.